The van der Waals surface area contributed by atoms with E-state index in [0.29, 0.717) is 25.6 Å². The van der Waals surface area contributed by atoms with E-state index in [0.717, 1.165) is 47.6 Å². The van der Waals surface area contributed by atoms with Crippen LogP contribution in [0.4, 0.5) is 10.5 Å². The lowest BCUT2D eigenvalue weighted by molar-refractivity contribution is 0.191. The van der Waals surface area contributed by atoms with Gasteiger partial charge >= 0.3 is 6.03 Å². The summed E-state index contributed by atoms with van der Waals surface area (Å²) in [4.78, 5) is 16.8. The number of fused-ring (bicyclic) bond motifs is 1. The first-order valence-electron chi connectivity index (χ1n) is 9.68. The van der Waals surface area contributed by atoms with Crippen LogP contribution in [0.2, 0.25) is 5.02 Å². The maximum atomic E-state index is 12.6. The first kappa shape index (κ1) is 18.6. The molecule has 2 aliphatic rings. The van der Waals surface area contributed by atoms with Crippen molar-refractivity contribution in [2.45, 2.75) is 19.4 Å². The molecule has 0 spiro atoms. The van der Waals surface area contributed by atoms with E-state index in [1.807, 2.05) is 47.4 Å². The average Bonchev–Trinajstić information content (AvgIpc) is 3.20. The quantitative estimate of drug-likeness (QED) is 0.861. The summed E-state index contributed by atoms with van der Waals surface area (Å²) in [6.45, 7) is 3.84. The molecule has 0 saturated carbocycles. The highest BCUT2D eigenvalue weighted by atomic mass is 35.5. The average molecular weight is 395 g/mol. The predicted molar refractivity (Wildman–Crippen MR) is 110 cm³/mol. The lowest BCUT2D eigenvalue weighted by Crippen LogP contribution is -2.44. The number of nitriles is 1. The minimum absolute atomic E-state index is 0.0158. The monoisotopic (exact) mass is 394 g/mol. The predicted octanol–water partition coefficient (Wildman–Crippen LogP) is 3.81. The molecule has 0 radical (unpaired) electrons. The van der Waals surface area contributed by atoms with Crippen molar-refractivity contribution in [1.82, 2.24) is 10.2 Å². The highest BCUT2D eigenvalue weighted by molar-refractivity contribution is 6.30. The molecule has 6 heteroatoms. The third-order valence-electron chi connectivity index (χ3n) is 5.69. The van der Waals surface area contributed by atoms with Crippen LogP contribution in [-0.4, -0.2) is 37.1 Å². The first-order chi connectivity index (χ1) is 13.6. The summed E-state index contributed by atoms with van der Waals surface area (Å²) in [5.41, 5.74) is 4.07. The Hall–Kier alpha value is -2.71. The van der Waals surface area contributed by atoms with Gasteiger partial charge in [-0.2, -0.15) is 5.26 Å². The summed E-state index contributed by atoms with van der Waals surface area (Å²) in [6, 6.07) is 15.9. The number of rotatable bonds is 3. The molecule has 2 heterocycles. The van der Waals surface area contributed by atoms with Crippen molar-refractivity contribution >= 4 is 23.3 Å². The minimum atomic E-state index is -0.0158. The summed E-state index contributed by atoms with van der Waals surface area (Å²) in [6.07, 6.45) is 1.80. The summed E-state index contributed by atoms with van der Waals surface area (Å²) < 4.78 is 0. The Bertz CT molecular complexity index is 906. The summed E-state index contributed by atoms with van der Waals surface area (Å²) in [7, 11) is 0. The van der Waals surface area contributed by atoms with Crippen molar-refractivity contribution in [3.8, 4) is 6.07 Å². The molecule has 1 saturated heterocycles. The van der Waals surface area contributed by atoms with Crippen molar-refractivity contribution in [2.24, 2.45) is 5.92 Å². The minimum Gasteiger partial charge on any atom is -0.371 e. The van der Waals surface area contributed by atoms with Crippen LogP contribution in [0.25, 0.3) is 0 Å². The van der Waals surface area contributed by atoms with Gasteiger partial charge in [-0.25, -0.2) is 4.79 Å². The van der Waals surface area contributed by atoms with E-state index in [2.05, 4.69) is 16.3 Å². The number of urea groups is 1. The fraction of sp³-hybridized carbons (Fsp3) is 0.364. The van der Waals surface area contributed by atoms with Crippen LogP contribution in [0.5, 0.6) is 0 Å². The number of carbonyl (C=O) groups excluding carboxylic acids is 1. The van der Waals surface area contributed by atoms with Gasteiger partial charge in [0.2, 0.25) is 0 Å². The van der Waals surface area contributed by atoms with Gasteiger partial charge in [0.25, 0.3) is 0 Å². The number of anilines is 1. The van der Waals surface area contributed by atoms with Gasteiger partial charge < -0.3 is 15.1 Å². The van der Waals surface area contributed by atoms with Crippen molar-refractivity contribution in [1.29, 1.82) is 5.26 Å². The number of hydrogen-bond acceptors (Lipinski definition) is 3. The maximum absolute atomic E-state index is 12.6. The number of nitrogens with one attached hydrogen (secondary N) is 1. The molecule has 2 amide bonds. The van der Waals surface area contributed by atoms with Gasteiger partial charge in [-0.05, 0) is 60.2 Å². The van der Waals surface area contributed by atoms with Gasteiger partial charge in [0.15, 0.2) is 0 Å². The molecule has 1 fully saturated rings. The van der Waals surface area contributed by atoms with Crippen molar-refractivity contribution in [2.75, 3.05) is 31.1 Å². The number of nitrogens with zero attached hydrogens (tertiary/aromatic N) is 3. The van der Waals surface area contributed by atoms with Crippen LogP contribution in [0, 0.1) is 17.2 Å². The number of halogens is 1. The number of carbonyl (C=O) groups is 1. The molecular formula is C22H23ClN4O. The van der Waals surface area contributed by atoms with E-state index >= 15 is 0 Å². The molecule has 2 aromatic rings. The molecule has 2 aromatic carbocycles. The van der Waals surface area contributed by atoms with E-state index in [1.54, 1.807) is 0 Å². The zero-order chi connectivity index (χ0) is 19.5. The number of amides is 2. The zero-order valence-corrected chi connectivity index (χ0v) is 16.5. The molecule has 1 atom stereocenters. The van der Waals surface area contributed by atoms with Gasteiger partial charge in [-0.15, -0.1) is 0 Å². The van der Waals surface area contributed by atoms with Crippen LogP contribution < -0.4 is 10.2 Å². The molecule has 4 rings (SSSR count). The summed E-state index contributed by atoms with van der Waals surface area (Å²) >= 11 is 5.97. The largest absolute Gasteiger partial charge is 0.371 e. The Kier molecular flexibility index (Phi) is 5.40. The second-order valence-corrected chi connectivity index (χ2v) is 7.93. The van der Waals surface area contributed by atoms with Crippen molar-refractivity contribution < 1.29 is 4.79 Å². The van der Waals surface area contributed by atoms with Gasteiger partial charge in [0, 0.05) is 43.4 Å². The van der Waals surface area contributed by atoms with E-state index in [9.17, 15) is 10.1 Å². The smallest absolute Gasteiger partial charge is 0.317 e. The summed E-state index contributed by atoms with van der Waals surface area (Å²) in [5.74, 6) is 0.446. The Balaban J connectivity index is 1.29. The van der Waals surface area contributed by atoms with Gasteiger partial charge in [-0.1, -0.05) is 23.7 Å². The Morgan fingerprint density at radius 2 is 2.04 bits per heavy atom. The fourth-order valence-electron chi connectivity index (χ4n) is 4.12. The standard InChI is InChI=1S/C22H23ClN4O/c23-19-4-6-20(7-5-19)26-10-8-16(14-26)13-25-22(28)27-11-9-21-17(12-24)2-1-3-18(21)15-27/h1-7,16H,8-11,13-15H2,(H,25,28). The molecular weight excluding hydrogens is 372 g/mol. The Labute approximate surface area is 170 Å². The molecule has 28 heavy (non-hydrogen) atoms. The highest BCUT2D eigenvalue weighted by Gasteiger charge is 2.26. The van der Waals surface area contributed by atoms with Gasteiger partial charge in [-0.3, -0.25) is 0 Å². The Morgan fingerprint density at radius 3 is 2.82 bits per heavy atom. The third-order valence-corrected chi connectivity index (χ3v) is 5.95. The number of hydrogen-bond donors (Lipinski definition) is 1. The SMILES string of the molecule is N#Cc1cccc2c1CCN(C(=O)NCC1CCN(c3ccc(Cl)cc3)C1)C2. The van der Waals surface area contributed by atoms with Crippen LogP contribution in [-0.2, 0) is 13.0 Å². The zero-order valence-electron chi connectivity index (χ0n) is 15.7. The van der Waals surface area contributed by atoms with E-state index in [4.69, 9.17) is 11.6 Å². The second-order valence-electron chi connectivity index (χ2n) is 7.49. The van der Waals surface area contributed by atoms with Gasteiger partial charge in [0.1, 0.15) is 0 Å². The number of benzene rings is 2. The topological polar surface area (TPSA) is 59.4 Å². The molecule has 1 N–H and O–H groups in total. The van der Waals surface area contributed by atoms with E-state index in [-0.39, 0.29) is 6.03 Å². The lowest BCUT2D eigenvalue weighted by atomic mass is 9.95. The first-order valence-corrected chi connectivity index (χ1v) is 10.1. The molecule has 1 unspecified atom stereocenters. The fourth-order valence-corrected chi connectivity index (χ4v) is 4.24. The molecule has 2 aliphatic heterocycles. The van der Waals surface area contributed by atoms with Gasteiger partial charge in [0.05, 0.1) is 11.6 Å². The maximum Gasteiger partial charge on any atom is 0.317 e. The molecule has 0 aliphatic carbocycles. The van der Waals surface area contributed by atoms with Crippen LogP contribution in [0.3, 0.4) is 0 Å². The Morgan fingerprint density at radius 1 is 1.21 bits per heavy atom. The van der Waals surface area contributed by atoms with Crippen molar-refractivity contribution in [3.63, 3.8) is 0 Å². The van der Waals surface area contributed by atoms with Crippen molar-refractivity contribution in [3.05, 3.63) is 64.2 Å². The highest BCUT2D eigenvalue weighted by Crippen LogP contribution is 2.25. The van der Waals surface area contributed by atoms with Crippen LogP contribution in [0.15, 0.2) is 42.5 Å². The van der Waals surface area contributed by atoms with Crippen LogP contribution in [0.1, 0.15) is 23.1 Å². The molecule has 0 aromatic heterocycles. The van der Waals surface area contributed by atoms with E-state index < -0.39 is 0 Å². The molecule has 0 bridgehead atoms. The molecule has 5 nitrogen and oxygen atoms in total. The summed E-state index contributed by atoms with van der Waals surface area (Å²) in [5, 5.41) is 13.1. The van der Waals surface area contributed by atoms with Crippen LogP contribution >= 0.6 is 11.6 Å². The third kappa shape index (κ3) is 3.93. The lowest BCUT2D eigenvalue weighted by Gasteiger charge is -2.30. The van der Waals surface area contributed by atoms with E-state index in [1.165, 1.54) is 5.69 Å². The second kappa shape index (κ2) is 8.12. The normalized spacial score (nSPS) is 18.5. The molecule has 144 valence electrons.